The molecule has 128 valence electrons. The summed E-state index contributed by atoms with van der Waals surface area (Å²) >= 11 is 0. The van der Waals surface area contributed by atoms with E-state index in [1.165, 1.54) is 5.56 Å². The van der Waals surface area contributed by atoms with E-state index >= 15 is 0 Å². The second-order valence-electron chi connectivity index (χ2n) is 7.46. The van der Waals surface area contributed by atoms with Crippen LogP contribution in [-0.2, 0) is 4.79 Å². The second-order valence-corrected chi connectivity index (χ2v) is 7.46. The molecule has 0 bridgehead atoms. The number of rotatable bonds is 4. The van der Waals surface area contributed by atoms with Gasteiger partial charge in [0.1, 0.15) is 12.4 Å². The molecule has 0 atom stereocenters. The van der Waals surface area contributed by atoms with Crippen LogP contribution < -0.4 is 10.5 Å². The molecule has 1 saturated heterocycles. The van der Waals surface area contributed by atoms with E-state index in [2.05, 4.69) is 26.0 Å². The van der Waals surface area contributed by atoms with Gasteiger partial charge in [-0.05, 0) is 64.2 Å². The fraction of sp³-hybridized carbons (Fsp3) is 0.632. The summed E-state index contributed by atoms with van der Waals surface area (Å²) in [6.07, 6.45) is 1.78. The maximum atomic E-state index is 12.8. The topological polar surface area (TPSA) is 55.6 Å². The minimum atomic E-state index is -0.538. The van der Waals surface area contributed by atoms with Crippen molar-refractivity contribution in [2.45, 2.75) is 53.5 Å². The first-order valence-corrected chi connectivity index (χ1v) is 8.47. The van der Waals surface area contributed by atoms with Gasteiger partial charge in [-0.25, -0.2) is 0 Å². The van der Waals surface area contributed by atoms with Crippen LogP contribution in [0.2, 0.25) is 0 Å². The number of amides is 1. The number of piperidine rings is 1. The number of nitrogens with zero attached hydrogens (tertiary/aromatic N) is 1. The third-order valence-electron chi connectivity index (χ3n) is 4.86. The normalized spacial score (nSPS) is 16.5. The Labute approximate surface area is 140 Å². The highest BCUT2D eigenvalue weighted by Gasteiger charge is 2.34. The van der Waals surface area contributed by atoms with Crippen LogP contribution >= 0.6 is 0 Å². The fourth-order valence-corrected chi connectivity index (χ4v) is 2.99. The molecular weight excluding hydrogens is 288 g/mol. The number of hydrogen-bond acceptors (Lipinski definition) is 3. The molecule has 0 spiro atoms. The van der Waals surface area contributed by atoms with Gasteiger partial charge in [0.05, 0.1) is 5.41 Å². The van der Waals surface area contributed by atoms with Gasteiger partial charge in [0.15, 0.2) is 0 Å². The monoisotopic (exact) mass is 318 g/mol. The highest BCUT2D eigenvalue weighted by atomic mass is 16.5. The Balaban J connectivity index is 2.04. The maximum absolute atomic E-state index is 12.8. The molecule has 4 heteroatoms. The Bertz CT molecular complexity index is 573. The number of likely N-dealkylation sites (tertiary alicyclic amines) is 1. The summed E-state index contributed by atoms with van der Waals surface area (Å²) < 4.78 is 6.07. The number of aryl methyl sites for hydroxylation is 2. The number of ether oxygens (including phenoxy) is 1. The van der Waals surface area contributed by atoms with E-state index in [-0.39, 0.29) is 11.9 Å². The molecule has 1 aliphatic heterocycles. The third-order valence-corrected chi connectivity index (χ3v) is 4.86. The number of carbonyl (C=O) groups excluding carboxylic acids is 1. The van der Waals surface area contributed by atoms with Gasteiger partial charge in [0.2, 0.25) is 5.91 Å². The van der Waals surface area contributed by atoms with Crippen molar-refractivity contribution in [1.29, 1.82) is 0 Å². The van der Waals surface area contributed by atoms with E-state index in [0.29, 0.717) is 6.61 Å². The average Bonchev–Trinajstić information content (AvgIpc) is 2.51. The summed E-state index contributed by atoms with van der Waals surface area (Å²) in [7, 11) is 0. The summed E-state index contributed by atoms with van der Waals surface area (Å²) in [5.41, 5.74) is 8.86. The molecule has 0 radical (unpaired) electrons. The molecule has 0 aliphatic carbocycles. The molecule has 0 unspecified atom stereocenters. The van der Waals surface area contributed by atoms with E-state index in [1.54, 1.807) is 0 Å². The molecule has 1 aliphatic rings. The summed E-state index contributed by atoms with van der Waals surface area (Å²) in [6.45, 7) is 12.0. The van der Waals surface area contributed by atoms with Gasteiger partial charge >= 0.3 is 0 Å². The predicted octanol–water partition coefficient (Wildman–Crippen LogP) is 2.97. The van der Waals surface area contributed by atoms with Crippen LogP contribution in [0.3, 0.4) is 0 Å². The molecule has 1 fully saturated rings. The standard InChI is InChI=1S/C19H30N2O2/c1-13-6-7-14(2)17(15(13)3)23-12-19(4,5)18(22)21-10-8-16(20)9-11-21/h6-7,16H,8-12,20H2,1-5H3. The SMILES string of the molecule is Cc1ccc(C)c(OCC(C)(C)C(=O)N2CCC(N)CC2)c1C. The van der Waals surface area contributed by atoms with Crippen LogP contribution in [0, 0.1) is 26.2 Å². The van der Waals surface area contributed by atoms with Crippen molar-refractivity contribution in [1.82, 2.24) is 4.90 Å². The van der Waals surface area contributed by atoms with Gasteiger partial charge in [0, 0.05) is 19.1 Å². The lowest BCUT2D eigenvalue weighted by Gasteiger charge is -2.36. The van der Waals surface area contributed by atoms with E-state index in [1.807, 2.05) is 25.7 Å². The fourth-order valence-electron chi connectivity index (χ4n) is 2.99. The Kier molecular flexibility index (Phi) is 5.35. The van der Waals surface area contributed by atoms with Crippen LogP contribution in [0.1, 0.15) is 43.4 Å². The largest absolute Gasteiger partial charge is 0.492 e. The van der Waals surface area contributed by atoms with Crippen LogP contribution in [-0.4, -0.2) is 36.5 Å². The van der Waals surface area contributed by atoms with Crippen molar-refractivity contribution >= 4 is 5.91 Å². The number of benzene rings is 1. The molecule has 0 aromatic heterocycles. The van der Waals surface area contributed by atoms with Crippen molar-refractivity contribution in [2.75, 3.05) is 19.7 Å². The summed E-state index contributed by atoms with van der Waals surface area (Å²) in [5.74, 6) is 1.07. The first-order chi connectivity index (χ1) is 10.7. The first-order valence-electron chi connectivity index (χ1n) is 8.47. The molecule has 1 heterocycles. The molecule has 1 aromatic carbocycles. The first kappa shape index (κ1) is 17.8. The van der Waals surface area contributed by atoms with Crippen LogP contribution in [0.15, 0.2) is 12.1 Å². The smallest absolute Gasteiger partial charge is 0.231 e. The van der Waals surface area contributed by atoms with Gasteiger partial charge in [0.25, 0.3) is 0 Å². The minimum absolute atomic E-state index is 0.160. The van der Waals surface area contributed by atoms with E-state index in [4.69, 9.17) is 10.5 Å². The Morgan fingerprint density at radius 2 is 1.78 bits per heavy atom. The number of hydrogen-bond donors (Lipinski definition) is 1. The predicted molar refractivity (Wildman–Crippen MR) is 93.7 cm³/mol. The van der Waals surface area contributed by atoms with Gasteiger partial charge in [-0.2, -0.15) is 0 Å². The molecule has 2 rings (SSSR count). The van der Waals surface area contributed by atoms with Crippen molar-refractivity contribution in [3.8, 4) is 5.75 Å². The highest BCUT2D eigenvalue weighted by Crippen LogP contribution is 2.29. The van der Waals surface area contributed by atoms with Crippen LogP contribution in [0.5, 0.6) is 5.75 Å². The van der Waals surface area contributed by atoms with Crippen molar-refractivity contribution in [2.24, 2.45) is 11.1 Å². The van der Waals surface area contributed by atoms with Gasteiger partial charge in [-0.3, -0.25) is 4.79 Å². The van der Waals surface area contributed by atoms with Gasteiger partial charge < -0.3 is 15.4 Å². The molecule has 0 saturated carbocycles. The minimum Gasteiger partial charge on any atom is -0.492 e. The zero-order valence-corrected chi connectivity index (χ0v) is 15.1. The van der Waals surface area contributed by atoms with Gasteiger partial charge in [-0.15, -0.1) is 0 Å². The highest BCUT2D eigenvalue weighted by molar-refractivity contribution is 5.82. The maximum Gasteiger partial charge on any atom is 0.231 e. The van der Waals surface area contributed by atoms with Crippen molar-refractivity contribution < 1.29 is 9.53 Å². The summed E-state index contributed by atoms with van der Waals surface area (Å²) in [4.78, 5) is 14.7. The van der Waals surface area contributed by atoms with Crippen LogP contribution in [0.25, 0.3) is 0 Å². The molecule has 4 nitrogen and oxygen atoms in total. The summed E-state index contributed by atoms with van der Waals surface area (Å²) in [5, 5.41) is 0. The Hall–Kier alpha value is -1.55. The van der Waals surface area contributed by atoms with E-state index < -0.39 is 5.41 Å². The zero-order chi connectivity index (χ0) is 17.2. The molecule has 2 N–H and O–H groups in total. The number of nitrogens with two attached hydrogens (primary N) is 1. The lowest BCUT2D eigenvalue weighted by Crippen LogP contribution is -2.49. The third kappa shape index (κ3) is 4.05. The summed E-state index contributed by atoms with van der Waals surface area (Å²) in [6, 6.07) is 4.40. The zero-order valence-electron chi connectivity index (χ0n) is 15.1. The van der Waals surface area contributed by atoms with Crippen molar-refractivity contribution in [3.05, 3.63) is 28.8 Å². The average molecular weight is 318 g/mol. The van der Waals surface area contributed by atoms with Crippen molar-refractivity contribution in [3.63, 3.8) is 0 Å². The lowest BCUT2D eigenvalue weighted by molar-refractivity contribution is -0.143. The van der Waals surface area contributed by atoms with E-state index in [0.717, 1.165) is 42.8 Å². The molecule has 23 heavy (non-hydrogen) atoms. The molecule has 1 amide bonds. The number of carbonyl (C=O) groups is 1. The quantitative estimate of drug-likeness (QED) is 0.928. The Morgan fingerprint density at radius 3 is 2.39 bits per heavy atom. The lowest BCUT2D eigenvalue weighted by atomic mass is 9.91. The van der Waals surface area contributed by atoms with Crippen LogP contribution in [0.4, 0.5) is 0 Å². The van der Waals surface area contributed by atoms with E-state index in [9.17, 15) is 4.79 Å². The van der Waals surface area contributed by atoms with Gasteiger partial charge in [-0.1, -0.05) is 12.1 Å². The molecular formula is C19H30N2O2. The Morgan fingerprint density at radius 1 is 1.22 bits per heavy atom. The molecule has 1 aromatic rings. The second kappa shape index (κ2) is 6.91.